The van der Waals surface area contributed by atoms with E-state index >= 15 is 0 Å². The number of likely N-dealkylation sites (N-methyl/N-ethyl adjacent to an activating group) is 4. The smallest absolute Gasteiger partial charge is 0.199 e. The van der Waals surface area contributed by atoms with Crippen LogP contribution in [0.3, 0.4) is 0 Å². The van der Waals surface area contributed by atoms with E-state index < -0.39 is 10.8 Å². The van der Waals surface area contributed by atoms with Crippen molar-refractivity contribution in [2.45, 2.75) is 254 Å². The molecular weight excluding hydrogens is 1380 g/mol. The van der Waals surface area contributed by atoms with Gasteiger partial charge in [0.05, 0.1) is 24.2 Å². The molecule has 0 radical (unpaired) electrons. The zero-order valence-corrected chi connectivity index (χ0v) is 73.2. The molecule has 3 fully saturated rings. The number of ether oxygens (including phenoxy) is 6. The van der Waals surface area contributed by atoms with Gasteiger partial charge in [-0.2, -0.15) is 0 Å². The summed E-state index contributed by atoms with van der Waals surface area (Å²) in [6.07, 6.45) is 19.8. The second-order valence-corrected chi connectivity index (χ2v) is 36.9. The van der Waals surface area contributed by atoms with Crippen molar-refractivity contribution in [1.82, 2.24) is 24.9 Å². The van der Waals surface area contributed by atoms with E-state index in [0.29, 0.717) is 57.5 Å². The summed E-state index contributed by atoms with van der Waals surface area (Å²) < 4.78 is 35.5. The van der Waals surface area contributed by atoms with E-state index in [1.165, 1.54) is 106 Å². The van der Waals surface area contributed by atoms with Gasteiger partial charge in [-0.1, -0.05) is 222 Å². The quantitative estimate of drug-likeness (QED) is 0.0908. The number of aliphatic imine (C=N–C) groups is 6. The molecule has 0 aromatic heterocycles. The Kier molecular flexibility index (Phi) is 36.2. The van der Waals surface area contributed by atoms with E-state index in [1.54, 1.807) is 0 Å². The highest BCUT2D eigenvalue weighted by Crippen LogP contribution is 2.39. The van der Waals surface area contributed by atoms with E-state index in [1.807, 2.05) is 48.5 Å². The van der Waals surface area contributed by atoms with Gasteiger partial charge in [0.2, 0.25) is 0 Å². The van der Waals surface area contributed by atoms with Gasteiger partial charge in [-0.05, 0) is 201 Å². The standard InChI is InChI=1S/C23H26N2O2.C21H22N2O2.C17H30N2O2.C10H22N2.C9H19N.C7H15N.C6H16N2/c1-23(2,21-24-19(15-26-21)13-17-9-5-3-6-10-17)22-25-20(16-27-22)14-18-11-7-4-8-12-18;1-21(2,19-22-17(13-24-19)15-9-5-3-6-10-15)20-23-18(14-25-20)16-11-7-4-8-12-16;1-15(2,3)11-9-20-13(18-11)17(7,8)14-19-12(10-21-14)16(4,5)6;1-11(2)9-7-5-6-8-10(9)12(3)4;1-3-8-6-4-5-7-9(8)10-2;1-6-4-2-3-5-7(6)8;1-7(2)5-6-8(3)4/h3-12,19-20H,13-16H2,1-2H3;3-12,17-18H,13-14H2,1-2H3;11-12H,9-10H2,1-8H3;9-10H,5-8H2,1-4H3;8-10H,3-7H2,1-2H3;6-7H,2-5,8H2,1H3;5-6H2,1-4H3/t;;;9-,10-;8-,9-;6-,7-;/m...111./s1. The molecule has 0 bridgehead atoms. The molecule has 9 aliphatic rings. The number of nitrogens with zero attached hydrogens (tertiary/aromatic N) is 10. The predicted molar refractivity (Wildman–Crippen MR) is 466 cm³/mol. The molecule has 4 aromatic rings. The summed E-state index contributed by atoms with van der Waals surface area (Å²) in [5, 5.41) is 3.40. The van der Waals surface area contributed by atoms with Crippen LogP contribution in [0.4, 0.5) is 0 Å². The number of hydrogen-bond donors (Lipinski definition) is 2. The van der Waals surface area contributed by atoms with Crippen LogP contribution in [-0.4, -0.2) is 219 Å². The fourth-order valence-electron chi connectivity index (χ4n) is 15.3. The topological polar surface area (TPSA) is 181 Å². The highest BCUT2D eigenvalue weighted by atomic mass is 16.5. The monoisotopic (exact) mass is 1530 g/mol. The van der Waals surface area contributed by atoms with Crippen molar-refractivity contribution in [3.05, 3.63) is 144 Å². The minimum atomic E-state index is -0.465. The fourth-order valence-corrected chi connectivity index (χ4v) is 15.3. The molecular formula is C93H150N12O6. The number of nitrogens with one attached hydrogen (secondary N) is 1. The lowest BCUT2D eigenvalue weighted by Gasteiger charge is -2.39. The maximum absolute atomic E-state index is 5.96. The van der Waals surface area contributed by atoms with Crippen molar-refractivity contribution < 1.29 is 28.4 Å². The first-order valence-corrected chi connectivity index (χ1v) is 42.1. The van der Waals surface area contributed by atoms with E-state index in [9.17, 15) is 0 Å². The Morgan fingerprint density at radius 1 is 0.396 bits per heavy atom. The second-order valence-electron chi connectivity index (χ2n) is 36.9. The zero-order valence-electron chi connectivity index (χ0n) is 73.2. The summed E-state index contributed by atoms with van der Waals surface area (Å²) in [7, 11) is 19.2. The van der Waals surface area contributed by atoms with Gasteiger partial charge in [0.1, 0.15) is 68.0 Å². The molecule has 0 amide bonds. The Morgan fingerprint density at radius 3 is 1.04 bits per heavy atom. The molecule has 0 spiro atoms. The van der Waals surface area contributed by atoms with Crippen molar-refractivity contribution in [2.75, 3.05) is 116 Å². The Balaban J connectivity index is 0.000000189. The lowest BCUT2D eigenvalue weighted by Crippen LogP contribution is -2.48. The number of rotatable bonds is 19. The highest BCUT2D eigenvalue weighted by molar-refractivity contribution is 6.07. The molecule has 13 rings (SSSR count). The molecule has 4 aromatic carbocycles. The summed E-state index contributed by atoms with van der Waals surface area (Å²) in [4.78, 5) is 38.0. The van der Waals surface area contributed by atoms with Crippen LogP contribution in [0.5, 0.6) is 0 Å². The summed E-state index contributed by atoms with van der Waals surface area (Å²) in [6, 6.07) is 45.0. The van der Waals surface area contributed by atoms with Crippen LogP contribution in [0.2, 0.25) is 0 Å². The number of nitrogens with two attached hydrogens (primary N) is 1. The third kappa shape index (κ3) is 28.5. The van der Waals surface area contributed by atoms with Crippen molar-refractivity contribution in [2.24, 2.45) is 74.6 Å². The van der Waals surface area contributed by atoms with Crippen LogP contribution >= 0.6 is 0 Å². The maximum Gasteiger partial charge on any atom is 0.199 e. The summed E-state index contributed by atoms with van der Waals surface area (Å²) in [5.74, 6) is 6.14. The molecule has 6 unspecified atom stereocenters. The third-order valence-corrected chi connectivity index (χ3v) is 23.2. The Morgan fingerprint density at radius 2 is 0.721 bits per heavy atom. The van der Waals surface area contributed by atoms with Crippen LogP contribution in [0.1, 0.15) is 215 Å². The normalized spacial score (nSPS) is 25.8. The average Bonchev–Trinajstić information content (AvgIpc) is 1.64. The van der Waals surface area contributed by atoms with Crippen LogP contribution in [-0.2, 0) is 41.3 Å². The minimum Gasteiger partial charge on any atom is -0.478 e. The predicted octanol–water partition coefficient (Wildman–Crippen LogP) is 17.4. The van der Waals surface area contributed by atoms with Crippen molar-refractivity contribution in [3.63, 3.8) is 0 Å². The van der Waals surface area contributed by atoms with Crippen LogP contribution in [0.15, 0.2) is 151 Å². The van der Waals surface area contributed by atoms with Crippen molar-refractivity contribution in [1.29, 1.82) is 0 Å². The van der Waals surface area contributed by atoms with Crippen LogP contribution in [0, 0.1) is 38.9 Å². The molecule has 3 saturated carbocycles. The molecule has 6 heterocycles. The molecule has 3 aliphatic carbocycles. The van der Waals surface area contributed by atoms with Gasteiger partial charge in [-0.3, -0.25) is 0 Å². The van der Waals surface area contributed by atoms with Crippen molar-refractivity contribution >= 4 is 35.4 Å². The third-order valence-electron chi connectivity index (χ3n) is 23.2. The summed E-state index contributed by atoms with van der Waals surface area (Å²) in [5.41, 5.74) is 9.63. The number of hydrogen-bond acceptors (Lipinski definition) is 18. The SMILES string of the molecule is CC(C)(C1=NC(C(C)(C)C)CO1)C1=NC(C(C)(C)C)CO1.CC(C)(C1=NC(Cc2ccccc2)CO1)C1=NC(Cc2ccccc2)CO1.CC(C)(C1=NC(c2ccccc2)CO1)C1=NC(c2ccccc2)CO1.CC[C@@H]1CCCC[C@H]1NC.CN(C)CCN(C)C.CN(C)[C@@H]1CCCC[C@H]1N(C)C.C[C@@H]1CCCC[C@H]1N. The van der Waals surface area contributed by atoms with E-state index in [0.717, 1.165) is 79.5 Å². The Labute approximate surface area is 673 Å². The molecule has 0 saturated heterocycles. The summed E-state index contributed by atoms with van der Waals surface area (Å²) in [6.45, 7) is 36.1. The maximum atomic E-state index is 5.96. The molecule has 12 atom stereocenters. The average molecular weight is 1530 g/mol. The highest BCUT2D eigenvalue weighted by Gasteiger charge is 2.46. The van der Waals surface area contributed by atoms with Crippen LogP contribution < -0.4 is 11.1 Å². The molecule has 3 N–H and O–H groups in total. The van der Waals surface area contributed by atoms with E-state index in [2.05, 4.69) is 258 Å². The Bertz CT molecular complexity index is 3300. The lowest BCUT2D eigenvalue weighted by molar-refractivity contribution is 0.110. The van der Waals surface area contributed by atoms with E-state index in [-0.39, 0.29) is 52.5 Å². The molecule has 18 heteroatoms. The first kappa shape index (κ1) is 91.6. The molecule has 618 valence electrons. The minimum absolute atomic E-state index is 0.0439. The number of benzene rings is 4. The van der Waals surface area contributed by atoms with E-state index in [4.69, 9.17) is 64.1 Å². The van der Waals surface area contributed by atoms with Gasteiger partial charge in [-0.15, -0.1) is 0 Å². The second kappa shape index (κ2) is 43.8. The van der Waals surface area contributed by atoms with Gasteiger partial charge >= 0.3 is 0 Å². The first-order chi connectivity index (χ1) is 52.6. The summed E-state index contributed by atoms with van der Waals surface area (Å²) >= 11 is 0. The lowest BCUT2D eigenvalue weighted by atomic mass is 9.83. The molecule has 111 heavy (non-hydrogen) atoms. The van der Waals surface area contributed by atoms with Crippen molar-refractivity contribution in [3.8, 4) is 0 Å². The Hall–Kier alpha value is -6.54. The van der Waals surface area contributed by atoms with Gasteiger partial charge < -0.3 is 59.1 Å². The largest absolute Gasteiger partial charge is 0.478 e. The fraction of sp³-hybridized carbons (Fsp3) is 0.677. The van der Waals surface area contributed by atoms with Gasteiger partial charge in [0.25, 0.3) is 0 Å². The van der Waals surface area contributed by atoms with Crippen LogP contribution in [0.25, 0.3) is 0 Å². The molecule has 18 nitrogen and oxygen atoms in total. The first-order valence-electron chi connectivity index (χ1n) is 42.1. The van der Waals surface area contributed by atoms with Gasteiger partial charge in [0.15, 0.2) is 35.4 Å². The van der Waals surface area contributed by atoms with Gasteiger partial charge in [-0.25, -0.2) is 30.0 Å². The molecule has 6 aliphatic heterocycles. The van der Waals surface area contributed by atoms with Gasteiger partial charge in [0, 0.05) is 37.3 Å². The zero-order chi connectivity index (χ0) is 81.1.